The third-order valence-electron chi connectivity index (χ3n) is 3.27. The van der Waals surface area contributed by atoms with Gasteiger partial charge in [-0.1, -0.05) is 19.4 Å². The van der Waals surface area contributed by atoms with E-state index in [1.807, 2.05) is 0 Å². The van der Waals surface area contributed by atoms with Gasteiger partial charge in [0.25, 0.3) is 0 Å². The highest BCUT2D eigenvalue weighted by molar-refractivity contribution is 5.70. The van der Waals surface area contributed by atoms with Crippen LogP contribution < -0.4 is 0 Å². The highest BCUT2D eigenvalue weighted by Gasteiger charge is 2.43. The van der Waals surface area contributed by atoms with E-state index in [9.17, 15) is 4.79 Å². The summed E-state index contributed by atoms with van der Waals surface area (Å²) >= 11 is 0. The van der Waals surface area contributed by atoms with E-state index >= 15 is 0 Å². The molecule has 2 heteroatoms. The maximum Gasteiger partial charge on any atom is 0.306 e. The first-order chi connectivity index (χ1) is 6.74. The number of hydrogen-bond donors (Lipinski definition) is 0. The average molecular weight is 194 g/mol. The maximum absolute atomic E-state index is 11.5. The van der Waals surface area contributed by atoms with Gasteiger partial charge in [0.15, 0.2) is 0 Å². The van der Waals surface area contributed by atoms with Crippen molar-refractivity contribution in [1.29, 1.82) is 0 Å². The fourth-order valence-corrected chi connectivity index (χ4v) is 2.43. The molecule has 2 atom stereocenters. The lowest BCUT2D eigenvalue weighted by atomic mass is 10.0. The Bertz CT molecular complexity index is 257. The second-order valence-corrected chi connectivity index (χ2v) is 4.50. The zero-order valence-electron chi connectivity index (χ0n) is 8.79. The molecule has 2 rings (SSSR count). The number of fused-ring (bicyclic) bond motifs is 2. The molecular formula is C12H18O2. The van der Waals surface area contributed by atoms with E-state index in [1.165, 1.54) is 6.42 Å². The average Bonchev–Trinajstić information content (AvgIpc) is 2.74. The number of unbranched alkanes of at least 4 members (excludes halogenated alkanes) is 1. The zero-order chi connectivity index (χ0) is 10.0. The summed E-state index contributed by atoms with van der Waals surface area (Å²) in [6.07, 6.45) is 10.1. The quantitative estimate of drug-likeness (QED) is 0.508. The van der Waals surface area contributed by atoms with E-state index in [2.05, 4.69) is 19.1 Å². The third kappa shape index (κ3) is 1.84. The molecule has 1 fully saturated rings. The Labute approximate surface area is 85.3 Å². The highest BCUT2D eigenvalue weighted by Crippen LogP contribution is 2.45. The van der Waals surface area contributed by atoms with Crippen LogP contribution >= 0.6 is 0 Å². The number of esters is 1. The van der Waals surface area contributed by atoms with Crippen molar-refractivity contribution in [3.8, 4) is 0 Å². The second-order valence-electron chi connectivity index (χ2n) is 4.50. The Morgan fingerprint density at radius 1 is 1.64 bits per heavy atom. The molecule has 2 bridgehead atoms. The summed E-state index contributed by atoms with van der Waals surface area (Å²) in [5.41, 5.74) is -0.199. The normalized spacial score (nSPS) is 33.6. The molecule has 0 aromatic carbocycles. The molecular weight excluding hydrogens is 176 g/mol. The minimum Gasteiger partial charge on any atom is -0.455 e. The van der Waals surface area contributed by atoms with Crippen LogP contribution in [0.2, 0.25) is 0 Å². The zero-order valence-corrected chi connectivity index (χ0v) is 8.79. The van der Waals surface area contributed by atoms with Crippen molar-refractivity contribution in [2.24, 2.45) is 5.92 Å². The van der Waals surface area contributed by atoms with E-state index in [4.69, 9.17) is 4.74 Å². The van der Waals surface area contributed by atoms with E-state index in [-0.39, 0.29) is 11.6 Å². The Kier molecular flexibility index (Phi) is 2.62. The smallest absolute Gasteiger partial charge is 0.306 e. The van der Waals surface area contributed by atoms with Crippen LogP contribution in [-0.4, -0.2) is 11.6 Å². The number of rotatable bonds is 4. The first-order valence-corrected chi connectivity index (χ1v) is 5.65. The number of ether oxygens (including phenoxy) is 1. The van der Waals surface area contributed by atoms with Gasteiger partial charge in [-0.05, 0) is 37.7 Å². The van der Waals surface area contributed by atoms with Crippen molar-refractivity contribution in [2.45, 2.75) is 51.0 Å². The van der Waals surface area contributed by atoms with Gasteiger partial charge < -0.3 is 4.74 Å². The van der Waals surface area contributed by atoms with Crippen LogP contribution in [0.1, 0.15) is 45.4 Å². The molecule has 0 saturated heterocycles. The molecule has 0 amide bonds. The fourth-order valence-electron chi connectivity index (χ4n) is 2.43. The largest absolute Gasteiger partial charge is 0.455 e. The lowest BCUT2D eigenvalue weighted by Crippen LogP contribution is -2.28. The van der Waals surface area contributed by atoms with Crippen LogP contribution in [0.25, 0.3) is 0 Å². The number of hydrogen-bond acceptors (Lipinski definition) is 2. The number of carbonyl (C=O) groups is 1. The van der Waals surface area contributed by atoms with Gasteiger partial charge in [-0.2, -0.15) is 0 Å². The Morgan fingerprint density at radius 3 is 3.00 bits per heavy atom. The third-order valence-corrected chi connectivity index (χ3v) is 3.27. The molecule has 1 saturated carbocycles. The molecule has 0 radical (unpaired) electrons. The standard InChI is InChI=1S/C12H18O2/c1-2-3-4-11(13)14-12-7-5-10(9-12)6-8-12/h5,7,10H,2-4,6,8-9H2,1H3. The summed E-state index contributed by atoms with van der Waals surface area (Å²) in [7, 11) is 0. The number of carbonyl (C=O) groups excluding carboxylic acids is 1. The van der Waals surface area contributed by atoms with Gasteiger partial charge in [0.1, 0.15) is 5.60 Å². The van der Waals surface area contributed by atoms with E-state index in [0.717, 1.165) is 25.7 Å². The minimum absolute atomic E-state index is 0.0148. The molecule has 78 valence electrons. The summed E-state index contributed by atoms with van der Waals surface area (Å²) in [4.78, 5) is 11.5. The minimum atomic E-state index is -0.199. The molecule has 2 aliphatic carbocycles. The molecule has 0 aromatic heterocycles. The van der Waals surface area contributed by atoms with Crippen molar-refractivity contribution < 1.29 is 9.53 Å². The van der Waals surface area contributed by atoms with Crippen LogP contribution in [0, 0.1) is 5.92 Å². The number of allylic oxidation sites excluding steroid dienone is 1. The van der Waals surface area contributed by atoms with Gasteiger partial charge in [-0.25, -0.2) is 0 Å². The van der Waals surface area contributed by atoms with Gasteiger partial charge in [-0.3, -0.25) is 4.79 Å². The van der Waals surface area contributed by atoms with Crippen molar-refractivity contribution in [1.82, 2.24) is 0 Å². The summed E-state index contributed by atoms with van der Waals surface area (Å²) < 4.78 is 5.57. The Hall–Kier alpha value is -0.790. The van der Waals surface area contributed by atoms with Crippen LogP contribution in [0.4, 0.5) is 0 Å². The predicted molar refractivity (Wildman–Crippen MR) is 54.8 cm³/mol. The fraction of sp³-hybridized carbons (Fsp3) is 0.750. The van der Waals surface area contributed by atoms with E-state index in [0.29, 0.717) is 12.3 Å². The van der Waals surface area contributed by atoms with Crippen molar-refractivity contribution in [3.05, 3.63) is 12.2 Å². The van der Waals surface area contributed by atoms with Crippen molar-refractivity contribution in [3.63, 3.8) is 0 Å². The first kappa shape index (κ1) is 9.75. The van der Waals surface area contributed by atoms with Crippen molar-refractivity contribution in [2.75, 3.05) is 0 Å². The van der Waals surface area contributed by atoms with Gasteiger partial charge in [0.05, 0.1) is 0 Å². The lowest BCUT2D eigenvalue weighted by molar-refractivity contribution is -0.154. The molecule has 2 unspecified atom stereocenters. The van der Waals surface area contributed by atoms with E-state index < -0.39 is 0 Å². The maximum atomic E-state index is 11.5. The van der Waals surface area contributed by atoms with E-state index in [1.54, 1.807) is 0 Å². The van der Waals surface area contributed by atoms with Gasteiger partial charge in [0.2, 0.25) is 0 Å². The van der Waals surface area contributed by atoms with Crippen LogP contribution in [-0.2, 0) is 9.53 Å². The molecule has 0 heterocycles. The topological polar surface area (TPSA) is 26.3 Å². The Balaban J connectivity index is 1.85. The molecule has 0 aliphatic heterocycles. The van der Waals surface area contributed by atoms with Crippen LogP contribution in [0.3, 0.4) is 0 Å². The lowest BCUT2D eigenvalue weighted by Gasteiger charge is -2.23. The van der Waals surface area contributed by atoms with Gasteiger partial charge in [0, 0.05) is 6.42 Å². The van der Waals surface area contributed by atoms with Crippen molar-refractivity contribution >= 4 is 5.97 Å². The van der Waals surface area contributed by atoms with Crippen LogP contribution in [0.15, 0.2) is 12.2 Å². The highest BCUT2D eigenvalue weighted by atomic mass is 16.6. The molecule has 0 N–H and O–H groups in total. The van der Waals surface area contributed by atoms with Crippen LogP contribution in [0.5, 0.6) is 0 Å². The molecule has 14 heavy (non-hydrogen) atoms. The van der Waals surface area contributed by atoms with Gasteiger partial charge >= 0.3 is 5.97 Å². The summed E-state index contributed by atoms with van der Waals surface area (Å²) in [6, 6.07) is 0. The molecule has 2 nitrogen and oxygen atoms in total. The summed E-state index contributed by atoms with van der Waals surface area (Å²) in [6.45, 7) is 2.09. The summed E-state index contributed by atoms with van der Waals surface area (Å²) in [5, 5.41) is 0. The Morgan fingerprint density at radius 2 is 2.50 bits per heavy atom. The SMILES string of the molecule is CCCCC(=O)OC12C=CC(CC1)C2. The molecule has 2 aliphatic rings. The van der Waals surface area contributed by atoms with Gasteiger partial charge in [-0.15, -0.1) is 0 Å². The first-order valence-electron chi connectivity index (χ1n) is 5.65. The molecule has 0 spiro atoms. The molecule has 0 aromatic rings. The summed E-state index contributed by atoms with van der Waals surface area (Å²) in [5.74, 6) is 0.660. The second kappa shape index (κ2) is 3.76. The predicted octanol–water partition coefficient (Wildman–Crippen LogP) is 2.83. The monoisotopic (exact) mass is 194 g/mol.